The molecule has 0 amide bonds. The Morgan fingerprint density at radius 3 is 3.00 bits per heavy atom. The highest BCUT2D eigenvalue weighted by molar-refractivity contribution is 9.10. The van der Waals surface area contributed by atoms with E-state index in [0.717, 1.165) is 10.0 Å². The molecule has 2 nitrogen and oxygen atoms in total. The van der Waals surface area contributed by atoms with Crippen LogP contribution in [0.3, 0.4) is 0 Å². The van der Waals surface area contributed by atoms with Gasteiger partial charge in [-0.05, 0) is 40.9 Å². The largest absolute Gasteiger partial charge is 0.393 e. The molecular formula is C8H9BrClNO. The molecule has 0 aliphatic carbocycles. The lowest BCUT2D eigenvalue weighted by molar-refractivity contribution is 0.195. The summed E-state index contributed by atoms with van der Waals surface area (Å²) in [4.78, 5) is 3.88. The van der Waals surface area contributed by atoms with E-state index in [4.69, 9.17) is 16.7 Å². The summed E-state index contributed by atoms with van der Waals surface area (Å²) in [5.41, 5.74) is 0.977. The zero-order valence-corrected chi connectivity index (χ0v) is 8.93. The zero-order chi connectivity index (χ0) is 9.14. The summed E-state index contributed by atoms with van der Waals surface area (Å²) in [6.45, 7) is 1.74. The van der Waals surface area contributed by atoms with Gasteiger partial charge in [-0.2, -0.15) is 0 Å². The normalized spacial score (nSPS) is 13.0. The van der Waals surface area contributed by atoms with Gasteiger partial charge in [-0.25, -0.2) is 4.98 Å². The van der Waals surface area contributed by atoms with Crippen molar-refractivity contribution in [3.63, 3.8) is 0 Å². The van der Waals surface area contributed by atoms with Crippen molar-refractivity contribution in [2.24, 2.45) is 0 Å². The molecule has 0 aliphatic rings. The van der Waals surface area contributed by atoms with Crippen LogP contribution in [0, 0.1) is 0 Å². The Bertz CT molecular complexity index is 278. The van der Waals surface area contributed by atoms with E-state index in [9.17, 15) is 0 Å². The minimum absolute atomic E-state index is 0.361. The molecule has 0 fully saturated rings. The fourth-order valence-corrected chi connectivity index (χ4v) is 1.49. The van der Waals surface area contributed by atoms with Gasteiger partial charge in [0.1, 0.15) is 5.15 Å². The predicted octanol–water partition coefficient (Wildman–Crippen LogP) is 2.42. The van der Waals surface area contributed by atoms with E-state index in [2.05, 4.69) is 20.9 Å². The SMILES string of the molecule is CC(O)Cc1cc(Cl)ncc1Br. The molecule has 0 saturated heterocycles. The fraction of sp³-hybridized carbons (Fsp3) is 0.375. The number of aromatic nitrogens is 1. The molecule has 1 rings (SSSR count). The Balaban J connectivity index is 2.90. The van der Waals surface area contributed by atoms with Crippen LogP contribution in [0.4, 0.5) is 0 Å². The van der Waals surface area contributed by atoms with Gasteiger partial charge in [0.05, 0.1) is 6.10 Å². The highest BCUT2D eigenvalue weighted by atomic mass is 79.9. The number of rotatable bonds is 2. The standard InChI is InChI=1S/C8H9BrClNO/c1-5(12)2-6-3-8(10)11-4-7(6)9/h3-5,12H,2H2,1H3. The van der Waals surface area contributed by atoms with Crippen molar-refractivity contribution in [2.75, 3.05) is 0 Å². The Morgan fingerprint density at radius 2 is 2.42 bits per heavy atom. The Labute approximate surface area is 84.7 Å². The number of pyridine rings is 1. The molecule has 1 heterocycles. The van der Waals surface area contributed by atoms with E-state index in [1.807, 2.05) is 0 Å². The zero-order valence-electron chi connectivity index (χ0n) is 6.59. The quantitative estimate of drug-likeness (QED) is 0.818. The van der Waals surface area contributed by atoms with Crippen molar-refractivity contribution >= 4 is 27.5 Å². The Kier molecular flexibility index (Phi) is 3.50. The summed E-state index contributed by atoms with van der Waals surface area (Å²) >= 11 is 9.01. The summed E-state index contributed by atoms with van der Waals surface area (Å²) in [7, 11) is 0. The van der Waals surface area contributed by atoms with Crippen LogP contribution in [0.1, 0.15) is 12.5 Å². The van der Waals surface area contributed by atoms with Gasteiger partial charge in [0.15, 0.2) is 0 Å². The van der Waals surface area contributed by atoms with Crippen LogP contribution in [0.5, 0.6) is 0 Å². The molecule has 0 aliphatic heterocycles. The number of aliphatic hydroxyl groups excluding tert-OH is 1. The van der Waals surface area contributed by atoms with Crippen LogP contribution >= 0.6 is 27.5 Å². The molecule has 4 heteroatoms. The number of nitrogens with zero attached hydrogens (tertiary/aromatic N) is 1. The highest BCUT2D eigenvalue weighted by Gasteiger charge is 2.04. The molecule has 66 valence electrons. The van der Waals surface area contributed by atoms with Crippen molar-refractivity contribution in [2.45, 2.75) is 19.4 Å². The molecule has 1 aromatic heterocycles. The predicted molar refractivity (Wildman–Crippen MR) is 52.3 cm³/mol. The first-order chi connectivity index (χ1) is 5.59. The summed E-state index contributed by atoms with van der Waals surface area (Å²) in [6, 6.07) is 1.75. The van der Waals surface area contributed by atoms with Crippen LogP contribution in [0.15, 0.2) is 16.7 Å². The van der Waals surface area contributed by atoms with E-state index >= 15 is 0 Å². The van der Waals surface area contributed by atoms with Crippen molar-refractivity contribution in [1.82, 2.24) is 4.98 Å². The molecule has 0 spiro atoms. The van der Waals surface area contributed by atoms with Crippen LogP contribution in [0.2, 0.25) is 5.15 Å². The first-order valence-electron chi connectivity index (χ1n) is 3.57. The second-order valence-corrected chi connectivity index (χ2v) is 3.89. The van der Waals surface area contributed by atoms with Gasteiger partial charge in [-0.3, -0.25) is 0 Å². The third kappa shape index (κ3) is 2.73. The van der Waals surface area contributed by atoms with Crippen LogP contribution in [-0.4, -0.2) is 16.2 Å². The third-order valence-electron chi connectivity index (χ3n) is 1.42. The Hall–Kier alpha value is -0.120. The van der Waals surface area contributed by atoms with Gasteiger partial charge in [-0.15, -0.1) is 0 Å². The molecular weight excluding hydrogens is 241 g/mol. The van der Waals surface area contributed by atoms with Crippen molar-refractivity contribution < 1.29 is 5.11 Å². The smallest absolute Gasteiger partial charge is 0.129 e. The molecule has 0 radical (unpaired) electrons. The summed E-state index contributed by atoms with van der Waals surface area (Å²) in [5.74, 6) is 0. The van der Waals surface area contributed by atoms with E-state index in [-0.39, 0.29) is 6.10 Å². The van der Waals surface area contributed by atoms with Crippen molar-refractivity contribution in [1.29, 1.82) is 0 Å². The lowest BCUT2D eigenvalue weighted by atomic mass is 10.1. The third-order valence-corrected chi connectivity index (χ3v) is 2.34. The molecule has 0 bridgehead atoms. The van der Waals surface area contributed by atoms with E-state index in [0.29, 0.717) is 11.6 Å². The molecule has 1 atom stereocenters. The summed E-state index contributed by atoms with van der Waals surface area (Å²) in [5, 5.41) is 9.59. The molecule has 12 heavy (non-hydrogen) atoms. The van der Waals surface area contributed by atoms with E-state index < -0.39 is 0 Å². The number of halogens is 2. The molecule has 1 unspecified atom stereocenters. The second-order valence-electron chi connectivity index (χ2n) is 2.65. The second kappa shape index (κ2) is 4.21. The first kappa shape index (κ1) is 9.96. The van der Waals surface area contributed by atoms with Crippen molar-refractivity contribution in [3.05, 3.63) is 27.5 Å². The molecule has 1 N–H and O–H groups in total. The van der Waals surface area contributed by atoms with Gasteiger partial charge in [0.25, 0.3) is 0 Å². The number of aliphatic hydroxyl groups is 1. The maximum atomic E-state index is 9.14. The van der Waals surface area contributed by atoms with Gasteiger partial charge in [0, 0.05) is 10.7 Å². The topological polar surface area (TPSA) is 33.1 Å². The Morgan fingerprint density at radius 1 is 1.75 bits per heavy atom. The number of hydrogen-bond acceptors (Lipinski definition) is 2. The van der Waals surface area contributed by atoms with Gasteiger partial charge in [0.2, 0.25) is 0 Å². The molecule has 0 aromatic carbocycles. The maximum absolute atomic E-state index is 9.14. The van der Waals surface area contributed by atoms with Crippen molar-refractivity contribution in [3.8, 4) is 0 Å². The van der Waals surface area contributed by atoms with Gasteiger partial charge < -0.3 is 5.11 Å². The molecule has 0 saturated carbocycles. The minimum atomic E-state index is -0.361. The minimum Gasteiger partial charge on any atom is -0.393 e. The van der Waals surface area contributed by atoms with Gasteiger partial charge in [-0.1, -0.05) is 11.6 Å². The summed E-state index contributed by atoms with van der Waals surface area (Å²) in [6.07, 6.45) is 1.86. The van der Waals surface area contributed by atoms with Crippen LogP contribution < -0.4 is 0 Å². The first-order valence-corrected chi connectivity index (χ1v) is 4.74. The van der Waals surface area contributed by atoms with E-state index in [1.165, 1.54) is 0 Å². The summed E-state index contributed by atoms with van der Waals surface area (Å²) < 4.78 is 0.882. The lowest BCUT2D eigenvalue weighted by Crippen LogP contribution is -2.04. The molecule has 1 aromatic rings. The maximum Gasteiger partial charge on any atom is 0.129 e. The lowest BCUT2D eigenvalue weighted by Gasteiger charge is -2.06. The monoisotopic (exact) mass is 249 g/mol. The van der Waals surface area contributed by atoms with E-state index in [1.54, 1.807) is 19.2 Å². The average Bonchev–Trinajstić information content (AvgIpc) is 1.96. The van der Waals surface area contributed by atoms with Gasteiger partial charge >= 0.3 is 0 Å². The number of hydrogen-bond donors (Lipinski definition) is 1. The fourth-order valence-electron chi connectivity index (χ4n) is 0.926. The van der Waals surface area contributed by atoms with Crippen LogP contribution in [0.25, 0.3) is 0 Å². The average molecular weight is 251 g/mol. The van der Waals surface area contributed by atoms with Crippen LogP contribution in [-0.2, 0) is 6.42 Å². The highest BCUT2D eigenvalue weighted by Crippen LogP contribution is 2.19.